The fraction of sp³-hybridized carbons (Fsp3) is 0.333. The van der Waals surface area contributed by atoms with Gasteiger partial charge in [-0.2, -0.15) is 0 Å². The number of para-hydroxylation sites is 1. The lowest BCUT2D eigenvalue weighted by molar-refractivity contribution is 0.0799. The standard InChI is InChI=1S/C24H25F2NO5/c1-3-12-30-22-13-16(8-11-21(22)29-2)24-27-17(14-32-24)9-10-19(28)18-6-4-5-7-20(18)31-15-23(25)26/h4-8,11,13-14,23H,3,9-10,12,15H2,1-2H3. The number of halogens is 2. The largest absolute Gasteiger partial charge is 0.493 e. The Hall–Kier alpha value is -3.42. The number of hydrogen-bond acceptors (Lipinski definition) is 6. The van der Waals surface area contributed by atoms with Crippen LogP contribution in [0.25, 0.3) is 11.5 Å². The van der Waals surface area contributed by atoms with Crippen LogP contribution in [0.15, 0.2) is 53.1 Å². The number of ether oxygens (including phenoxy) is 3. The zero-order valence-electron chi connectivity index (χ0n) is 18.0. The predicted molar refractivity (Wildman–Crippen MR) is 115 cm³/mol. The predicted octanol–water partition coefficient (Wildman–Crippen LogP) is 5.60. The van der Waals surface area contributed by atoms with Crippen molar-refractivity contribution in [3.63, 3.8) is 0 Å². The molecule has 0 radical (unpaired) electrons. The van der Waals surface area contributed by atoms with Crippen molar-refractivity contribution in [2.24, 2.45) is 0 Å². The van der Waals surface area contributed by atoms with Gasteiger partial charge in [-0.05, 0) is 36.8 Å². The van der Waals surface area contributed by atoms with E-state index in [1.54, 1.807) is 37.4 Å². The van der Waals surface area contributed by atoms with E-state index >= 15 is 0 Å². The first kappa shape index (κ1) is 23.2. The van der Waals surface area contributed by atoms with Crippen LogP contribution in [0.5, 0.6) is 17.2 Å². The van der Waals surface area contributed by atoms with Gasteiger partial charge in [-0.25, -0.2) is 13.8 Å². The first-order chi connectivity index (χ1) is 15.5. The van der Waals surface area contributed by atoms with E-state index < -0.39 is 13.0 Å². The third-order valence-electron chi connectivity index (χ3n) is 4.58. The smallest absolute Gasteiger partial charge is 0.272 e. The van der Waals surface area contributed by atoms with Gasteiger partial charge >= 0.3 is 0 Å². The molecule has 170 valence electrons. The molecule has 0 atom stereocenters. The minimum absolute atomic E-state index is 0.133. The number of hydrogen-bond donors (Lipinski definition) is 0. The van der Waals surface area contributed by atoms with E-state index in [1.807, 2.05) is 13.0 Å². The van der Waals surface area contributed by atoms with Gasteiger partial charge in [-0.1, -0.05) is 19.1 Å². The third-order valence-corrected chi connectivity index (χ3v) is 4.58. The van der Waals surface area contributed by atoms with Crippen LogP contribution < -0.4 is 14.2 Å². The van der Waals surface area contributed by atoms with Gasteiger partial charge in [0, 0.05) is 18.4 Å². The Morgan fingerprint density at radius 1 is 1.09 bits per heavy atom. The van der Waals surface area contributed by atoms with E-state index in [-0.39, 0.29) is 23.5 Å². The summed E-state index contributed by atoms with van der Waals surface area (Å²) in [5, 5.41) is 0. The number of aromatic nitrogens is 1. The summed E-state index contributed by atoms with van der Waals surface area (Å²) in [6.45, 7) is 1.81. The van der Waals surface area contributed by atoms with Gasteiger partial charge in [0.1, 0.15) is 18.6 Å². The average molecular weight is 445 g/mol. The molecular formula is C24H25F2NO5. The van der Waals surface area contributed by atoms with Crippen LogP contribution in [0.4, 0.5) is 8.78 Å². The number of nitrogens with zero attached hydrogens (tertiary/aromatic N) is 1. The van der Waals surface area contributed by atoms with Gasteiger partial charge < -0.3 is 18.6 Å². The van der Waals surface area contributed by atoms with Gasteiger partial charge in [0.05, 0.1) is 25.0 Å². The summed E-state index contributed by atoms with van der Waals surface area (Å²) in [4.78, 5) is 17.1. The Morgan fingerprint density at radius 2 is 1.91 bits per heavy atom. The average Bonchev–Trinajstić information content (AvgIpc) is 3.29. The minimum atomic E-state index is -2.61. The van der Waals surface area contributed by atoms with Crippen LogP contribution in [0.1, 0.15) is 35.8 Å². The number of ketones is 1. The molecule has 1 heterocycles. The number of alkyl halides is 2. The first-order valence-corrected chi connectivity index (χ1v) is 10.3. The van der Waals surface area contributed by atoms with E-state index in [4.69, 9.17) is 18.6 Å². The van der Waals surface area contributed by atoms with Gasteiger partial charge in [0.2, 0.25) is 5.89 Å². The number of methoxy groups -OCH3 is 1. The quantitative estimate of drug-likeness (QED) is 0.338. The lowest BCUT2D eigenvalue weighted by atomic mass is 10.0. The molecular weight excluding hydrogens is 420 g/mol. The van der Waals surface area contributed by atoms with Crippen molar-refractivity contribution < 1.29 is 32.2 Å². The molecule has 32 heavy (non-hydrogen) atoms. The highest BCUT2D eigenvalue weighted by Crippen LogP contribution is 2.32. The maximum absolute atomic E-state index is 12.6. The van der Waals surface area contributed by atoms with Crippen molar-refractivity contribution in [2.45, 2.75) is 32.6 Å². The van der Waals surface area contributed by atoms with Crippen LogP contribution >= 0.6 is 0 Å². The highest BCUT2D eigenvalue weighted by atomic mass is 19.3. The number of Topliss-reactive ketones (excluding diaryl/α,β-unsaturated/α-hetero) is 1. The summed E-state index contributed by atoms with van der Waals surface area (Å²) >= 11 is 0. The Bertz CT molecular complexity index is 1030. The number of benzene rings is 2. The SMILES string of the molecule is CCCOc1cc(-c2nc(CCC(=O)c3ccccc3OCC(F)F)co2)ccc1OC. The highest BCUT2D eigenvalue weighted by molar-refractivity contribution is 5.98. The second-order valence-electron chi connectivity index (χ2n) is 6.98. The lowest BCUT2D eigenvalue weighted by Gasteiger charge is -2.10. The molecule has 0 bridgehead atoms. The van der Waals surface area contributed by atoms with E-state index in [2.05, 4.69) is 4.98 Å². The summed E-state index contributed by atoms with van der Waals surface area (Å²) < 4.78 is 46.6. The van der Waals surface area contributed by atoms with E-state index in [9.17, 15) is 13.6 Å². The van der Waals surface area contributed by atoms with Crippen LogP contribution in [-0.2, 0) is 6.42 Å². The molecule has 0 aliphatic rings. The number of rotatable bonds is 12. The van der Waals surface area contributed by atoms with Crippen molar-refractivity contribution in [3.8, 4) is 28.7 Å². The third kappa shape index (κ3) is 6.06. The second kappa shape index (κ2) is 11.3. The molecule has 0 spiro atoms. The summed E-state index contributed by atoms with van der Waals surface area (Å²) in [7, 11) is 1.57. The van der Waals surface area contributed by atoms with Gasteiger partial charge in [-0.15, -0.1) is 0 Å². The van der Waals surface area contributed by atoms with Crippen molar-refractivity contribution in [2.75, 3.05) is 20.3 Å². The second-order valence-corrected chi connectivity index (χ2v) is 6.98. The molecule has 6 nitrogen and oxygen atoms in total. The molecule has 0 aliphatic heterocycles. The molecule has 8 heteroatoms. The zero-order chi connectivity index (χ0) is 22.9. The Morgan fingerprint density at radius 3 is 2.66 bits per heavy atom. The molecule has 0 saturated carbocycles. The summed E-state index contributed by atoms with van der Waals surface area (Å²) in [6, 6.07) is 11.8. The summed E-state index contributed by atoms with van der Waals surface area (Å²) in [5.74, 6) is 1.54. The Labute approximate surface area is 185 Å². The molecule has 3 rings (SSSR count). The Kier molecular flexibility index (Phi) is 8.19. The van der Waals surface area contributed by atoms with Crippen molar-refractivity contribution in [1.29, 1.82) is 0 Å². The summed E-state index contributed by atoms with van der Waals surface area (Å²) in [5.41, 5.74) is 1.59. The van der Waals surface area contributed by atoms with E-state index in [0.29, 0.717) is 36.1 Å². The lowest BCUT2D eigenvalue weighted by Crippen LogP contribution is -2.10. The number of carbonyl (C=O) groups excluding carboxylic acids is 1. The van der Waals surface area contributed by atoms with Crippen molar-refractivity contribution in [1.82, 2.24) is 4.98 Å². The molecule has 3 aromatic rings. The zero-order valence-corrected chi connectivity index (χ0v) is 18.0. The maximum atomic E-state index is 12.6. The summed E-state index contributed by atoms with van der Waals surface area (Å²) in [6.07, 6.45) is 0.215. The maximum Gasteiger partial charge on any atom is 0.272 e. The highest BCUT2D eigenvalue weighted by Gasteiger charge is 2.16. The fourth-order valence-electron chi connectivity index (χ4n) is 3.04. The molecule has 0 fully saturated rings. The molecule has 1 aromatic heterocycles. The minimum Gasteiger partial charge on any atom is -0.493 e. The monoisotopic (exact) mass is 445 g/mol. The molecule has 0 N–H and O–H groups in total. The first-order valence-electron chi connectivity index (χ1n) is 10.3. The normalized spacial score (nSPS) is 10.9. The van der Waals surface area contributed by atoms with Crippen LogP contribution in [-0.4, -0.2) is 37.5 Å². The number of oxazole rings is 1. The molecule has 0 unspecified atom stereocenters. The van der Waals surface area contributed by atoms with Gasteiger partial charge in [0.25, 0.3) is 6.43 Å². The van der Waals surface area contributed by atoms with Crippen LogP contribution in [0.2, 0.25) is 0 Å². The Balaban J connectivity index is 1.67. The topological polar surface area (TPSA) is 70.8 Å². The van der Waals surface area contributed by atoms with Crippen molar-refractivity contribution in [3.05, 3.63) is 60.0 Å². The van der Waals surface area contributed by atoms with Crippen molar-refractivity contribution >= 4 is 5.78 Å². The molecule has 0 aliphatic carbocycles. The van der Waals surface area contributed by atoms with Gasteiger partial charge in [0.15, 0.2) is 17.3 Å². The number of aryl methyl sites for hydroxylation is 1. The van der Waals surface area contributed by atoms with E-state index in [1.165, 1.54) is 12.3 Å². The van der Waals surface area contributed by atoms with Crippen LogP contribution in [0.3, 0.4) is 0 Å². The fourth-order valence-corrected chi connectivity index (χ4v) is 3.04. The van der Waals surface area contributed by atoms with E-state index in [0.717, 1.165) is 12.0 Å². The molecule has 0 saturated heterocycles. The van der Waals surface area contributed by atoms with Crippen LogP contribution in [0, 0.1) is 0 Å². The molecule has 2 aromatic carbocycles. The van der Waals surface area contributed by atoms with Gasteiger partial charge in [-0.3, -0.25) is 4.79 Å². The molecule has 0 amide bonds. The number of carbonyl (C=O) groups is 1.